The first-order chi connectivity index (χ1) is 24.0. The van der Waals surface area contributed by atoms with E-state index in [1.807, 2.05) is 42.6 Å². The Labute approximate surface area is 294 Å². The number of rotatable bonds is 6. The van der Waals surface area contributed by atoms with Crippen LogP contribution in [-0.4, -0.2) is 54.6 Å². The van der Waals surface area contributed by atoms with Crippen LogP contribution < -0.4 is 15.5 Å². The number of pyridine rings is 1. The van der Waals surface area contributed by atoms with Crippen LogP contribution in [0.3, 0.4) is 0 Å². The lowest BCUT2D eigenvalue weighted by Gasteiger charge is -2.27. The van der Waals surface area contributed by atoms with Crippen molar-refractivity contribution in [3.05, 3.63) is 108 Å². The van der Waals surface area contributed by atoms with Crippen LogP contribution in [0, 0.1) is 0 Å². The van der Waals surface area contributed by atoms with E-state index in [0.29, 0.717) is 31.1 Å². The highest BCUT2D eigenvalue weighted by molar-refractivity contribution is 6.02. The third kappa shape index (κ3) is 5.58. The Morgan fingerprint density at radius 1 is 0.900 bits per heavy atom. The van der Waals surface area contributed by atoms with Crippen molar-refractivity contribution in [1.82, 2.24) is 35.6 Å². The van der Waals surface area contributed by atoms with Crippen LogP contribution in [0.5, 0.6) is 0 Å². The molecule has 6 heterocycles. The van der Waals surface area contributed by atoms with Gasteiger partial charge in [-0.3, -0.25) is 9.69 Å². The maximum Gasteiger partial charge on any atom is 0.405 e. The Kier molecular flexibility index (Phi) is 8.08. The number of carbonyl (C=O) groups is 2. The number of nitrogens with one attached hydrogen (secondary N) is 4. The van der Waals surface area contributed by atoms with Gasteiger partial charge in [-0.25, -0.2) is 19.7 Å². The highest BCUT2D eigenvalue weighted by Gasteiger charge is 2.42. The minimum Gasteiger partial charge on any atom is -0.465 e. The van der Waals surface area contributed by atoms with E-state index in [1.165, 1.54) is 6.42 Å². The minimum atomic E-state index is -1.20. The number of anilines is 1. The van der Waals surface area contributed by atoms with E-state index in [-0.39, 0.29) is 24.4 Å². The molecule has 3 aromatic heterocycles. The van der Waals surface area contributed by atoms with Gasteiger partial charge in [0.15, 0.2) is 0 Å². The summed E-state index contributed by atoms with van der Waals surface area (Å²) in [7, 11) is 0. The van der Waals surface area contributed by atoms with E-state index in [9.17, 15) is 14.7 Å². The van der Waals surface area contributed by atoms with Gasteiger partial charge in [-0.2, -0.15) is 0 Å². The lowest BCUT2D eigenvalue weighted by Crippen LogP contribution is -2.48. The molecule has 3 aliphatic rings. The van der Waals surface area contributed by atoms with Crippen LogP contribution in [0.2, 0.25) is 0 Å². The van der Waals surface area contributed by atoms with Crippen molar-refractivity contribution in [2.45, 2.75) is 50.2 Å². The molecule has 2 amide bonds. The van der Waals surface area contributed by atoms with Crippen LogP contribution in [-0.2, 0) is 17.6 Å². The zero-order valence-corrected chi connectivity index (χ0v) is 27.8. The third-order valence-electron chi connectivity index (χ3n) is 10.1. The molecule has 9 rings (SSSR count). The highest BCUT2D eigenvalue weighted by atomic mass is 35.5. The molecule has 3 aliphatic heterocycles. The monoisotopic (exact) mass is 686 g/mol. The Hall–Kier alpha value is -5.52. The number of hydrogen-bond acceptors (Lipinski definition) is 6. The lowest BCUT2D eigenvalue weighted by atomic mass is 10.0. The van der Waals surface area contributed by atoms with Crippen LogP contribution >= 0.6 is 12.4 Å². The average molecular weight is 687 g/mol. The average Bonchev–Trinajstić information content (AvgIpc) is 3.95. The van der Waals surface area contributed by atoms with Gasteiger partial charge in [0, 0.05) is 29.1 Å². The molecule has 0 aliphatic carbocycles. The molecule has 0 saturated carbocycles. The van der Waals surface area contributed by atoms with E-state index in [0.717, 1.165) is 80.3 Å². The third-order valence-corrected chi connectivity index (χ3v) is 10.1. The van der Waals surface area contributed by atoms with E-state index in [1.54, 1.807) is 11.1 Å². The molecule has 0 radical (unpaired) electrons. The van der Waals surface area contributed by atoms with Gasteiger partial charge in [0.1, 0.15) is 17.7 Å². The number of amides is 2. The summed E-state index contributed by atoms with van der Waals surface area (Å²) in [5, 5.41) is 16.4. The van der Waals surface area contributed by atoms with Gasteiger partial charge in [-0.15, -0.1) is 12.4 Å². The summed E-state index contributed by atoms with van der Waals surface area (Å²) in [6.45, 7) is 1.04. The molecule has 5 N–H and O–H groups in total. The number of para-hydroxylation sites is 1. The number of carbonyl (C=O) groups excluding carboxylic acids is 1. The summed E-state index contributed by atoms with van der Waals surface area (Å²) < 4.78 is 0. The second-order valence-electron chi connectivity index (χ2n) is 13.1. The van der Waals surface area contributed by atoms with Crippen molar-refractivity contribution < 1.29 is 14.7 Å². The Bertz CT molecular complexity index is 2240. The van der Waals surface area contributed by atoms with Gasteiger partial charge in [-0.1, -0.05) is 54.6 Å². The molecule has 11 nitrogen and oxygen atoms in total. The fourth-order valence-electron chi connectivity index (χ4n) is 7.63. The number of fused-ring (bicyclic) bond motifs is 1. The zero-order valence-electron chi connectivity index (χ0n) is 27.0. The summed E-state index contributed by atoms with van der Waals surface area (Å²) in [6, 6.07) is 23.8. The summed E-state index contributed by atoms with van der Waals surface area (Å²) in [5.74, 6) is 1.42. The first-order valence-electron chi connectivity index (χ1n) is 16.8. The minimum absolute atomic E-state index is 0. The second kappa shape index (κ2) is 12.7. The molecule has 3 atom stereocenters. The molecule has 0 unspecified atom stereocenters. The summed E-state index contributed by atoms with van der Waals surface area (Å²) in [4.78, 5) is 48.3. The number of carboxylic acid groups (broad SMARTS) is 1. The van der Waals surface area contributed by atoms with Gasteiger partial charge in [0.2, 0.25) is 5.91 Å². The van der Waals surface area contributed by atoms with Gasteiger partial charge in [-0.05, 0) is 67.1 Å². The molecular weight excluding hydrogens is 652 g/mol. The van der Waals surface area contributed by atoms with Crippen molar-refractivity contribution in [2.75, 3.05) is 11.4 Å². The number of aromatic amines is 2. The number of nitrogens with zero attached hydrogens (tertiary/aromatic N) is 4. The Balaban J connectivity index is 0.00000361. The topological polar surface area (TPSA) is 152 Å². The fourth-order valence-corrected chi connectivity index (χ4v) is 7.63. The van der Waals surface area contributed by atoms with Crippen molar-refractivity contribution in [1.29, 1.82) is 0 Å². The zero-order chi connectivity index (χ0) is 33.1. The largest absolute Gasteiger partial charge is 0.465 e. The number of H-pyrrole nitrogens is 2. The molecule has 12 heteroatoms. The highest BCUT2D eigenvalue weighted by Crippen LogP contribution is 2.44. The first kappa shape index (κ1) is 31.7. The Morgan fingerprint density at radius 3 is 2.54 bits per heavy atom. The van der Waals surface area contributed by atoms with Crippen LogP contribution in [0.4, 0.5) is 10.5 Å². The van der Waals surface area contributed by atoms with E-state index in [2.05, 4.69) is 57.0 Å². The van der Waals surface area contributed by atoms with Crippen molar-refractivity contribution in [3.8, 4) is 33.8 Å². The van der Waals surface area contributed by atoms with Crippen LogP contribution in [0.15, 0.2) is 85.2 Å². The van der Waals surface area contributed by atoms with Crippen molar-refractivity contribution >= 4 is 41.0 Å². The maximum atomic E-state index is 13.7. The molecular formula is C38H35ClN8O3. The van der Waals surface area contributed by atoms with Gasteiger partial charge < -0.3 is 25.7 Å². The van der Waals surface area contributed by atoms with Crippen LogP contribution in [0.25, 0.3) is 44.7 Å². The molecule has 3 aromatic carbocycles. The molecule has 252 valence electrons. The van der Waals surface area contributed by atoms with E-state index in [4.69, 9.17) is 15.0 Å². The standard InChI is InChI=1S/C38H34N8O3.ClH/c47-37-30(45-38(48)49)15-10-23-3-1-4-26-18-33(46(37)34(23)26)36-41-19-31(44-36)22-8-6-21(7-9-22)27-13-11-24-17-25(12-14-28(24)42-27)32-20-40-35(43-32)29-5-2-16-39-29;/h1,3-4,6-9,11-14,17,19-20,29-30,33,39,45H,2,5,10,15-16,18H2,(H,40,43)(H,41,44)(H,48,49);1H/t29-,30-,33-;/m0./s1. The second-order valence-corrected chi connectivity index (χ2v) is 13.1. The summed E-state index contributed by atoms with van der Waals surface area (Å²) >= 11 is 0. The molecule has 50 heavy (non-hydrogen) atoms. The molecule has 6 aromatic rings. The lowest BCUT2D eigenvalue weighted by molar-refractivity contribution is -0.120. The van der Waals surface area contributed by atoms with Gasteiger partial charge >= 0.3 is 6.09 Å². The molecule has 0 spiro atoms. The van der Waals surface area contributed by atoms with Crippen molar-refractivity contribution in [3.63, 3.8) is 0 Å². The summed E-state index contributed by atoms with van der Waals surface area (Å²) in [5.41, 5.74) is 9.61. The van der Waals surface area contributed by atoms with Gasteiger partial charge in [0.05, 0.1) is 46.6 Å². The van der Waals surface area contributed by atoms with E-state index >= 15 is 0 Å². The van der Waals surface area contributed by atoms with Gasteiger partial charge in [0.25, 0.3) is 0 Å². The first-order valence-corrected chi connectivity index (χ1v) is 16.8. The number of aromatic nitrogens is 5. The number of benzene rings is 3. The van der Waals surface area contributed by atoms with Crippen LogP contribution in [0.1, 0.15) is 54.1 Å². The Morgan fingerprint density at radius 2 is 1.72 bits per heavy atom. The fraction of sp³-hybridized carbons (Fsp3) is 0.237. The summed E-state index contributed by atoms with van der Waals surface area (Å²) in [6.07, 6.45) is 6.50. The molecule has 1 fully saturated rings. The number of imidazole rings is 2. The molecule has 1 saturated heterocycles. The number of aryl methyl sites for hydroxylation is 1. The van der Waals surface area contributed by atoms with E-state index < -0.39 is 12.1 Å². The molecule has 0 bridgehead atoms. The number of halogens is 1. The maximum absolute atomic E-state index is 13.7. The van der Waals surface area contributed by atoms with Crippen molar-refractivity contribution in [2.24, 2.45) is 0 Å². The number of hydrogen-bond donors (Lipinski definition) is 5. The SMILES string of the molecule is Cl.O=C(O)N[C@H]1CCc2cccc3c2N(C1=O)[C@H](c1ncc(-c2ccc(-c4ccc5cc(-c6c[nH]c([C@@H]7CCCN7)n6)ccc5n4)cc2)[nH]1)C3. The smallest absolute Gasteiger partial charge is 0.405 e. The predicted octanol–water partition coefficient (Wildman–Crippen LogP) is 6.74. The normalized spacial score (nSPS) is 19.6. The predicted molar refractivity (Wildman–Crippen MR) is 193 cm³/mol. The quantitative estimate of drug-likeness (QED) is 0.130.